The summed E-state index contributed by atoms with van der Waals surface area (Å²) in [6.45, 7) is 1.94. The Morgan fingerprint density at radius 3 is 2.76 bits per heavy atom. The zero-order chi connectivity index (χ0) is 12.4. The molecular weight excluding hydrogens is 305 g/mol. The largest absolute Gasteiger partial charge is 0.506 e. The van der Waals surface area contributed by atoms with Crippen LogP contribution in [0.2, 0.25) is 5.02 Å². The van der Waals surface area contributed by atoms with Crippen molar-refractivity contribution in [3.05, 3.63) is 45.5 Å². The first-order valence-electron chi connectivity index (χ1n) is 4.85. The van der Waals surface area contributed by atoms with Crippen LogP contribution in [-0.4, -0.2) is 10.1 Å². The number of pyridine rings is 1. The highest BCUT2D eigenvalue weighted by Crippen LogP contribution is 2.33. The van der Waals surface area contributed by atoms with Gasteiger partial charge < -0.3 is 9.84 Å². The first kappa shape index (κ1) is 12.2. The summed E-state index contributed by atoms with van der Waals surface area (Å²) in [5, 5.41) is 9.61. The predicted octanol–water partition coefficient (Wildman–Crippen LogP) is 4.30. The molecule has 0 amide bonds. The summed E-state index contributed by atoms with van der Waals surface area (Å²) in [7, 11) is 0. The molecule has 0 aliphatic heterocycles. The summed E-state index contributed by atoms with van der Waals surface area (Å²) < 4.78 is 6.45. The van der Waals surface area contributed by atoms with Crippen LogP contribution in [0.5, 0.6) is 17.4 Å². The zero-order valence-electron chi connectivity index (χ0n) is 8.95. The third kappa shape index (κ3) is 2.90. The molecule has 0 fully saturated rings. The van der Waals surface area contributed by atoms with Gasteiger partial charge in [-0.15, -0.1) is 0 Å². The van der Waals surface area contributed by atoms with E-state index in [2.05, 4.69) is 20.9 Å². The molecule has 5 heteroatoms. The van der Waals surface area contributed by atoms with Gasteiger partial charge in [0.2, 0.25) is 5.88 Å². The minimum atomic E-state index is 0.0930. The fourth-order valence-electron chi connectivity index (χ4n) is 1.25. The minimum Gasteiger partial charge on any atom is -0.506 e. The number of aromatic nitrogens is 1. The third-order valence-corrected chi connectivity index (χ3v) is 3.30. The van der Waals surface area contributed by atoms with Crippen LogP contribution in [0.3, 0.4) is 0 Å². The Kier molecular flexibility index (Phi) is 3.54. The van der Waals surface area contributed by atoms with Crippen LogP contribution in [0.15, 0.2) is 34.9 Å². The van der Waals surface area contributed by atoms with Crippen molar-refractivity contribution in [2.75, 3.05) is 0 Å². The SMILES string of the molecule is Cc1cc(Oc2ccc(O)cn2)c(Cl)cc1Br. The fourth-order valence-corrected chi connectivity index (χ4v) is 1.93. The molecule has 0 saturated heterocycles. The molecule has 0 atom stereocenters. The Morgan fingerprint density at radius 2 is 2.12 bits per heavy atom. The number of hydrogen-bond donors (Lipinski definition) is 1. The van der Waals surface area contributed by atoms with E-state index in [4.69, 9.17) is 21.4 Å². The molecule has 1 N–H and O–H groups in total. The topological polar surface area (TPSA) is 42.4 Å². The second kappa shape index (κ2) is 4.94. The maximum atomic E-state index is 9.11. The van der Waals surface area contributed by atoms with Gasteiger partial charge in [-0.2, -0.15) is 0 Å². The monoisotopic (exact) mass is 313 g/mol. The van der Waals surface area contributed by atoms with Crippen LogP contribution in [0, 0.1) is 6.92 Å². The lowest BCUT2D eigenvalue weighted by Gasteiger charge is -2.08. The smallest absolute Gasteiger partial charge is 0.219 e. The summed E-state index contributed by atoms with van der Waals surface area (Å²) in [4.78, 5) is 3.92. The second-order valence-electron chi connectivity index (χ2n) is 3.49. The van der Waals surface area contributed by atoms with E-state index in [-0.39, 0.29) is 5.75 Å². The van der Waals surface area contributed by atoms with Crippen LogP contribution in [0.25, 0.3) is 0 Å². The van der Waals surface area contributed by atoms with Gasteiger partial charge in [0.15, 0.2) is 0 Å². The summed E-state index contributed by atoms with van der Waals surface area (Å²) in [5.41, 5.74) is 1.02. The van der Waals surface area contributed by atoms with Gasteiger partial charge in [-0.25, -0.2) is 4.98 Å². The molecule has 2 aromatic rings. The Labute approximate surface area is 112 Å². The molecule has 17 heavy (non-hydrogen) atoms. The van der Waals surface area contributed by atoms with Crippen molar-refractivity contribution in [2.24, 2.45) is 0 Å². The number of aromatic hydroxyl groups is 1. The van der Waals surface area contributed by atoms with Gasteiger partial charge in [-0.3, -0.25) is 0 Å². The van der Waals surface area contributed by atoms with Gasteiger partial charge >= 0.3 is 0 Å². The highest BCUT2D eigenvalue weighted by Gasteiger charge is 2.07. The van der Waals surface area contributed by atoms with Crippen molar-refractivity contribution in [1.29, 1.82) is 0 Å². The van der Waals surface area contributed by atoms with Crippen molar-refractivity contribution in [2.45, 2.75) is 6.92 Å². The van der Waals surface area contributed by atoms with Crippen molar-refractivity contribution in [3.8, 4) is 17.4 Å². The molecule has 3 nitrogen and oxygen atoms in total. The lowest BCUT2D eigenvalue weighted by molar-refractivity contribution is 0.447. The molecular formula is C12H9BrClNO2. The summed E-state index contributed by atoms with van der Waals surface area (Å²) in [6.07, 6.45) is 1.31. The molecule has 0 aliphatic rings. The molecule has 0 spiro atoms. The fraction of sp³-hybridized carbons (Fsp3) is 0.0833. The Morgan fingerprint density at radius 1 is 1.35 bits per heavy atom. The average Bonchev–Trinajstić information content (AvgIpc) is 2.29. The molecule has 1 heterocycles. The van der Waals surface area contributed by atoms with E-state index >= 15 is 0 Å². The molecule has 1 aromatic heterocycles. The van der Waals surface area contributed by atoms with E-state index in [0.717, 1.165) is 10.0 Å². The standard InChI is InChI=1S/C12H9BrClNO2/c1-7-4-11(10(14)5-9(7)13)17-12-3-2-8(16)6-15-12/h2-6,16H,1H3. The molecule has 0 saturated carbocycles. The number of aryl methyl sites for hydroxylation is 1. The molecule has 0 unspecified atom stereocenters. The number of nitrogens with zero attached hydrogens (tertiary/aromatic N) is 1. The Balaban J connectivity index is 2.30. The Bertz CT molecular complexity index is 543. The maximum Gasteiger partial charge on any atom is 0.219 e. The number of halogens is 2. The number of hydrogen-bond acceptors (Lipinski definition) is 3. The van der Waals surface area contributed by atoms with Crippen molar-refractivity contribution in [1.82, 2.24) is 4.98 Å². The highest BCUT2D eigenvalue weighted by atomic mass is 79.9. The first-order valence-corrected chi connectivity index (χ1v) is 6.02. The van der Waals surface area contributed by atoms with Crippen molar-refractivity contribution in [3.63, 3.8) is 0 Å². The van der Waals surface area contributed by atoms with E-state index in [1.807, 2.05) is 13.0 Å². The van der Waals surface area contributed by atoms with E-state index in [9.17, 15) is 0 Å². The normalized spacial score (nSPS) is 10.3. The first-order chi connectivity index (χ1) is 8.06. The van der Waals surface area contributed by atoms with Gasteiger partial charge in [0, 0.05) is 10.5 Å². The van der Waals surface area contributed by atoms with E-state index in [1.165, 1.54) is 12.3 Å². The van der Waals surface area contributed by atoms with Gasteiger partial charge in [0.25, 0.3) is 0 Å². The van der Waals surface area contributed by atoms with Crippen LogP contribution in [0.1, 0.15) is 5.56 Å². The number of benzene rings is 1. The third-order valence-electron chi connectivity index (χ3n) is 2.15. The van der Waals surface area contributed by atoms with Crippen LogP contribution >= 0.6 is 27.5 Å². The molecule has 88 valence electrons. The Hall–Kier alpha value is -1.26. The maximum absolute atomic E-state index is 9.11. The van der Waals surface area contributed by atoms with E-state index in [0.29, 0.717) is 16.7 Å². The summed E-state index contributed by atoms with van der Waals surface area (Å²) >= 11 is 9.44. The lowest BCUT2D eigenvalue weighted by atomic mass is 10.2. The van der Waals surface area contributed by atoms with Crippen LogP contribution < -0.4 is 4.74 Å². The molecule has 0 aliphatic carbocycles. The highest BCUT2D eigenvalue weighted by molar-refractivity contribution is 9.10. The summed E-state index contributed by atoms with van der Waals surface area (Å²) in [6, 6.07) is 6.67. The van der Waals surface area contributed by atoms with Gasteiger partial charge in [-0.1, -0.05) is 27.5 Å². The van der Waals surface area contributed by atoms with Gasteiger partial charge in [0.05, 0.1) is 11.2 Å². The molecule has 2 rings (SSSR count). The molecule has 0 radical (unpaired) electrons. The van der Waals surface area contributed by atoms with Gasteiger partial charge in [-0.05, 0) is 30.7 Å². The number of ether oxygens (including phenoxy) is 1. The zero-order valence-corrected chi connectivity index (χ0v) is 11.3. The molecule has 1 aromatic carbocycles. The van der Waals surface area contributed by atoms with E-state index in [1.54, 1.807) is 12.1 Å². The predicted molar refractivity (Wildman–Crippen MR) is 69.9 cm³/mol. The number of rotatable bonds is 2. The van der Waals surface area contributed by atoms with Crippen molar-refractivity contribution >= 4 is 27.5 Å². The molecule has 0 bridgehead atoms. The van der Waals surface area contributed by atoms with Gasteiger partial charge in [0.1, 0.15) is 11.5 Å². The quantitative estimate of drug-likeness (QED) is 0.898. The minimum absolute atomic E-state index is 0.0930. The van der Waals surface area contributed by atoms with E-state index < -0.39 is 0 Å². The summed E-state index contributed by atoms with van der Waals surface area (Å²) in [5.74, 6) is 1.01. The van der Waals surface area contributed by atoms with Crippen LogP contribution in [0.4, 0.5) is 0 Å². The second-order valence-corrected chi connectivity index (χ2v) is 4.75. The lowest BCUT2D eigenvalue weighted by Crippen LogP contribution is -1.89. The van der Waals surface area contributed by atoms with Crippen LogP contribution in [-0.2, 0) is 0 Å². The average molecular weight is 315 g/mol. The van der Waals surface area contributed by atoms with Crippen molar-refractivity contribution < 1.29 is 9.84 Å².